The zero-order valence-electron chi connectivity index (χ0n) is 10.9. The highest BCUT2D eigenvalue weighted by Crippen LogP contribution is 2.22. The molecule has 0 aliphatic heterocycles. The Morgan fingerprint density at radius 1 is 1.33 bits per heavy atom. The largest absolute Gasteiger partial charge is 0.490 e. The van der Waals surface area contributed by atoms with Gasteiger partial charge >= 0.3 is 0 Å². The maximum Gasteiger partial charge on any atom is 0.165 e. The molecule has 0 atom stereocenters. The number of aliphatic hydroxyl groups excluding tert-OH is 1. The molecule has 0 saturated heterocycles. The molecule has 1 aromatic rings. The van der Waals surface area contributed by atoms with Crippen LogP contribution in [0.2, 0.25) is 0 Å². The standard InChI is InChI=1S/C14H22FNO2/c1-2-8-16-11-12-6-5-7-13(15)14(12)18-10-4-3-9-17/h5-7,16-17H,2-4,8-11H2,1H3. The fraction of sp³-hybridized carbons (Fsp3) is 0.571. The molecule has 0 heterocycles. The Bertz CT molecular complexity index is 345. The van der Waals surface area contributed by atoms with E-state index in [4.69, 9.17) is 9.84 Å². The smallest absolute Gasteiger partial charge is 0.165 e. The molecule has 0 aliphatic carbocycles. The lowest BCUT2D eigenvalue weighted by Gasteiger charge is -2.12. The van der Waals surface area contributed by atoms with E-state index < -0.39 is 0 Å². The van der Waals surface area contributed by atoms with Crippen molar-refractivity contribution in [3.05, 3.63) is 29.6 Å². The normalized spacial score (nSPS) is 10.6. The van der Waals surface area contributed by atoms with Gasteiger partial charge in [0.25, 0.3) is 0 Å². The molecule has 2 N–H and O–H groups in total. The van der Waals surface area contributed by atoms with Gasteiger partial charge < -0.3 is 15.2 Å². The van der Waals surface area contributed by atoms with Gasteiger partial charge in [-0.2, -0.15) is 0 Å². The van der Waals surface area contributed by atoms with Gasteiger partial charge in [0.2, 0.25) is 0 Å². The summed E-state index contributed by atoms with van der Waals surface area (Å²) in [6, 6.07) is 4.97. The van der Waals surface area contributed by atoms with Crippen LogP contribution in [0.3, 0.4) is 0 Å². The quantitative estimate of drug-likeness (QED) is 0.666. The topological polar surface area (TPSA) is 41.5 Å². The minimum atomic E-state index is -0.324. The molecule has 102 valence electrons. The summed E-state index contributed by atoms with van der Waals surface area (Å²) in [4.78, 5) is 0. The van der Waals surface area contributed by atoms with Gasteiger partial charge in [0, 0.05) is 18.7 Å². The molecule has 0 spiro atoms. The average molecular weight is 255 g/mol. The Labute approximate surface area is 108 Å². The minimum absolute atomic E-state index is 0.144. The molecule has 1 aromatic carbocycles. The lowest BCUT2D eigenvalue weighted by Crippen LogP contribution is -2.15. The fourth-order valence-corrected chi connectivity index (χ4v) is 1.64. The van der Waals surface area contributed by atoms with Crippen LogP contribution in [0, 0.1) is 5.82 Å². The Morgan fingerprint density at radius 3 is 2.89 bits per heavy atom. The van der Waals surface area contributed by atoms with Crippen LogP contribution in [0.4, 0.5) is 4.39 Å². The lowest BCUT2D eigenvalue weighted by molar-refractivity contribution is 0.247. The summed E-state index contributed by atoms with van der Waals surface area (Å²) in [6.07, 6.45) is 2.45. The van der Waals surface area contributed by atoms with Crippen molar-refractivity contribution in [1.82, 2.24) is 5.32 Å². The van der Waals surface area contributed by atoms with E-state index in [2.05, 4.69) is 12.2 Å². The summed E-state index contributed by atoms with van der Waals surface area (Å²) in [5.41, 5.74) is 0.840. The Hall–Kier alpha value is -1.13. The molecule has 1 rings (SSSR count). The Kier molecular flexibility index (Phi) is 7.37. The number of hydrogen-bond acceptors (Lipinski definition) is 3. The molecular formula is C14H22FNO2. The number of rotatable bonds is 9. The van der Waals surface area contributed by atoms with Gasteiger partial charge in [-0.15, -0.1) is 0 Å². The maximum absolute atomic E-state index is 13.7. The van der Waals surface area contributed by atoms with E-state index in [9.17, 15) is 4.39 Å². The number of para-hydroxylation sites is 1. The minimum Gasteiger partial charge on any atom is -0.490 e. The van der Waals surface area contributed by atoms with Crippen molar-refractivity contribution >= 4 is 0 Å². The van der Waals surface area contributed by atoms with Crippen LogP contribution in [0.25, 0.3) is 0 Å². The summed E-state index contributed by atoms with van der Waals surface area (Å²) >= 11 is 0. The van der Waals surface area contributed by atoms with E-state index in [0.717, 1.165) is 24.9 Å². The SMILES string of the molecule is CCCNCc1cccc(F)c1OCCCCO. The van der Waals surface area contributed by atoms with Gasteiger partial charge in [0.1, 0.15) is 0 Å². The summed E-state index contributed by atoms with van der Waals surface area (Å²) in [7, 11) is 0. The van der Waals surface area contributed by atoms with Crippen LogP contribution in [-0.4, -0.2) is 24.9 Å². The number of hydrogen-bond donors (Lipinski definition) is 2. The molecule has 0 saturated carbocycles. The molecule has 4 heteroatoms. The third kappa shape index (κ3) is 5.02. The van der Waals surface area contributed by atoms with E-state index in [0.29, 0.717) is 25.3 Å². The van der Waals surface area contributed by atoms with Gasteiger partial charge in [-0.25, -0.2) is 4.39 Å². The molecular weight excluding hydrogens is 233 g/mol. The van der Waals surface area contributed by atoms with Crippen molar-refractivity contribution in [2.75, 3.05) is 19.8 Å². The van der Waals surface area contributed by atoms with Gasteiger partial charge in [0.15, 0.2) is 11.6 Å². The number of unbranched alkanes of at least 4 members (excludes halogenated alkanes) is 1. The monoisotopic (exact) mass is 255 g/mol. The van der Waals surface area contributed by atoms with Crippen molar-refractivity contribution in [3.8, 4) is 5.75 Å². The molecule has 0 bridgehead atoms. The van der Waals surface area contributed by atoms with Gasteiger partial charge in [-0.3, -0.25) is 0 Å². The maximum atomic E-state index is 13.7. The second-order valence-corrected chi connectivity index (χ2v) is 4.18. The third-order valence-corrected chi connectivity index (χ3v) is 2.59. The second-order valence-electron chi connectivity index (χ2n) is 4.18. The number of benzene rings is 1. The van der Waals surface area contributed by atoms with Crippen LogP contribution in [0.15, 0.2) is 18.2 Å². The predicted octanol–water partition coefficient (Wildman–Crippen LogP) is 2.48. The molecule has 3 nitrogen and oxygen atoms in total. The lowest BCUT2D eigenvalue weighted by atomic mass is 10.2. The molecule has 18 heavy (non-hydrogen) atoms. The first kappa shape index (κ1) is 14.9. The van der Waals surface area contributed by atoms with Crippen molar-refractivity contribution in [2.45, 2.75) is 32.7 Å². The highest BCUT2D eigenvalue weighted by molar-refractivity contribution is 5.34. The third-order valence-electron chi connectivity index (χ3n) is 2.59. The highest BCUT2D eigenvalue weighted by atomic mass is 19.1. The van der Waals surface area contributed by atoms with E-state index in [-0.39, 0.29) is 12.4 Å². The van der Waals surface area contributed by atoms with Crippen LogP contribution in [0.1, 0.15) is 31.7 Å². The summed E-state index contributed by atoms with van der Waals surface area (Å²) in [5.74, 6) is 0.00818. The predicted molar refractivity (Wildman–Crippen MR) is 70.2 cm³/mol. The van der Waals surface area contributed by atoms with Crippen molar-refractivity contribution in [3.63, 3.8) is 0 Å². The van der Waals surface area contributed by atoms with Crippen molar-refractivity contribution in [1.29, 1.82) is 0 Å². The van der Waals surface area contributed by atoms with E-state index in [1.807, 2.05) is 6.07 Å². The van der Waals surface area contributed by atoms with Crippen LogP contribution >= 0.6 is 0 Å². The van der Waals surface area contributed by atoms with Crippen molar-refractivity contribution < 1.29 is 14.2 Å². The van der Waals surface area contributed by atoms with Crippen LogP contribution in [-0.2, 0) is 6.54 Å². The number of nitrogens with one attached hydrogen (secondary N) is 1. The number of halogens is 1. The van der Waals surface area contributed by atoms with E-state index >= 15 is 0 Å². The molecule has 0 aliphatic rings. The zero-order valence-corrected chi connectivity index (χ0v) is 10.9. The first-order valence-electron chi connectivity index (χ1n) is 6.51. The first-order chi connectivity index (χ1) is 8.79. The summed E-state index contributed by atoms with van der Waals surface area (Å²) < 4.78 is 19.1. The van der Waals surface area contributed by atoms with Crippen LogP contribution in [0.5, 0.6) is 5.75 Å². The van der Waals surface area contributed by atoms with E-state index in [1.54, 1.807) is 6.07 Å². The Balaban J connectivity index is 2.56. The Morgan fingerprint density at radius 2 is 2.17 bits per heavy atom. The highest BCUT2D eigenvalue weighted by Gasteiger charge is 2.09. The van der Waals surface area contributed by atoms with E-state index in [1.165, 1.54) is 6.07 Å². The summed E-state index contributed by atoms with van der Waals surface area (Å²) in [5, 5.41) is 11.9. The van der Waals surface area contributed by atoms with Crippen LogP contribution < -0.4 is 10.1 Å². The molecule has 0 aromatic heterocycles. The molecule has 0 amide bonds. The zero-order chi connectivity index (χ0) is 13.2. The molecule has 0 fully saturated rings. The first-order valence-corrected chi connectivity index (χ1v) is 6.51. The van der Waals surface area contributed by atoms with Gasteiger partial charge in [-0.05, 0) is 31.9 Å². The van der Waals surface area contributed by atoms with Crippen molar-refractivity contribution in [2.24, 2.45) is 0 Å². The number of aliphatic hydroxyl groups is 1. The summed E-state index contributed by atoms with van der Waals surface area (Å²) in [6.45, 7) is 4.18. The van der Waals surface area contributed by atoms with Gasteiger partial charge in [-0.1, -0.05) is 19.1 Å². The molecule has 0 unspecified atom stereocenters. The molecule has 0 radical (unpaired) electrons. The number of ether oxygens (including phenoxy) is 1. The van der Waals surface area contributed by atoms with Gasteiger partial charge in [0.05, 0.1) is 6.61 Å². The second kappa shape index (κ2) is 8.89. The average Bonchev–Trinajstić information content (AvgIpc) is 2.37. The fourth-order valence-electron chi connectivity index (χ4n) is 1.64.